The van der Waals surface area contributed by atoms with Crippen molar-refractivity contribution < 1.29 is 14.4 Å². The second kappa shape index (κ2) is 6.05. The molecule has 0 radical (unpaired) electrons. The Hall–Kier alpha value is -2.21. The van der Waals surface area contributed by atoms with Crippen molar-refractivity contribution in [1.29, 1.82) is 0 Å². The van der Waals surface area contributed by atoms with Crippen molar-refractivity contribution in [2.24, 2.45) is 0 Å². The summed E-state index contributed by atoms with van der Waals surface area (Å²) in [5, 5.41) is 13.7. The first-order valence-electron chi connectivity index (χ1n) is 6.71. The maximum absolute atomic E-state index is 12.5. The summed E-state index contributed by atoms with van der Waals surface area (Å²) >= 11 is 0. The molecule has 6 nitrogen and oxygen atoms in total. The molecule has 0 fully saturated rings. The summed E-state index contributed by atoms with van der Waals surface area (Å²) in [6, 6.07) is 9.56. The van der Waals surface area contributed by atoms with Gasteiger partial charge in [-0.15, -0.1) is 0 Å². The number of aromatic nitrogens is 2. The fourth-order valence-corrected chi connectivity index (χ4v) is 2.00. The lowest BCUT2D eigenvalue weighted by atomic mass is 10.1. The average Bonchev–Trinajstić information content (AvgIpc) is 2.83. The monoisotopic (exact) mass is 289 g/mol. The zero-order valence-corrected chi connectivity index (χ0v) is 12.4. The molecule has 0 aliphatic carbocycles. The highest BCUT2D eigenvalue weighted by Crippen LogP contribution is 2.13. The van der Waals surface area contributed by atoms with Crippen molar-refractivity contribution in [2.75, 3.05) is 6.54 Å². The lowest BCUT2D eigenvalue weighted by molar-refractivity contribution is 0.0272. The fourth-order valence-electron chi connectivity index (χ4n) is 2.00. The summed E-state index contributed by atoms with van der Waals surface area (Å²) in [6.45, 7) is 5.48. The molecule has 1 aromatic heterocycles. The van der Waals surface area contributed by atoms with E-state index in [1.54, 1.807) is 20.8 Å². The van der Waals surface area contributed by atoms with E-state index >= 15 is 0 Å². The van der Waals surface area contributed by atoms with E-state index in [4.69, 9.17) is 4.52 Å². The molecule has 0 spiro atoms. The van der Waals surface area contributed by atoms with Crippen LogP contribution in [0.5, 0.6) is 0 Å². The molecule has 2 aromatic rings. The Kier molecular flexibility index (Phi) is 4.37. The van der Waals surface area contributed by atoms with Crippen molar-refractivity contribution in [3.8, 4) is 0 Å². The summed E-state index contributed by atoms with van der Waals surface area (Å²) < 4.78 is 4.85. The third-order valence-electron chi connectivity index (χ3n) is 2.80. The van der Waals surface area contributed by atoms with Crippen LogP contribution in [0.1, 0.15) is 35.9 Å². The molecule has 1 heterocycles. The number of nitrogens with zero attached hydrogens (tertiary/aromatic N) is 3. The Balaban J connectivity index is 2.21. The van der Waals surface area contributed by atoms with E-state index in [9.17, 15) is 9.90 Å². The molecule has 0 aliphatic heterocycles. The molecule has 0 saturated carbocycles. The largest absolute Gasteiger partial charge is 0.389 e. The molecule has 0 unspecified atom stereocenters. The van der Waals surface area contributed by atoms with Gasteiger partial charge in [-0.05, 0) is 19.4 Å². The highest BCUT2D eigenvalue weighted by atomic mass is 16.5. The van der Waals surface area contributed by atoms with E-state index in [0.717, 1.165) is 5.56 Å². The zero-order valence-electron chi connectivity index (χ0n) is 12.4. The first-order valence-corrected chi connectivity index (χ1v) is 6.71. The molecule has 21 heavy (non-hydrogen) atoms. The third-order valence-corrected chi connectivity index (χ3v) is 2.80. The highest BCUT2D eigenvalue weighted by Gasteiger charge is 2.26. The quantitative estimate of drug-likeness (QED) is 0.907. The van der Waals surface area contributed by atoms with Crippen LogP contribution in [0, 0.1) is 6.92 Å². The first-order chi connectivity index (χ1) is 9.85. The predicted octanol–water partition coefficient (Wildman–Crippen LogP) is 1.79. The maximum Gasteiger partial charge on any atom is 0.295 e. The second-order valence-corrected chi connectivity index (χ2v) is 5.60. The van der Waals surface area contributed by atoms with Crippen LogP contribution in [-0.4, -0.2) is 38.2 Å². The van der Waals surface area contributed by atoms with Gasteiger partial charge in [0.1, 0.15) is 0 Å². The van der Waals surface area contributed by atoms with Gasteiger partial charge in [0, 0.05) is 20.0 Å². The van der Waals surface area contributed by atoms with Crippen LogP contribution in [0.25, 0.3) is 0 Å². The molecule has 0 saturated heterocycles. The summed E-state index contributed by atoms with van der Waals surface area (Å²) in [4.78, 5) is 17.9. The normalized spacial score (nSPS) is 11.4. The Labute approximate surface area is 123 Å². The number of hydrogen-bond acceptors (Lipinski definition) is 5. The number of benzene rings is 1. The summed E-state index contributed by atoms with van der Waals surface area (Å²) in [5.74, 6) is -0.0215. The Morgan fingerprint density at radius 3 is 2.52 bits per heavy atom. The van der Waals surface area contributed by atoms with E-state index in [-0.39, 0.29) is 18.3 Å². The molecule has 6 heteroatoms. The Bertz CT molecular complexity index is 602. The van der Waals surface area contributed by atoms with E-state index in [1.165, 1.54) is 4.90 Å². The van der Waals surface area contributed by atoms with Crippen LogP contribution in [0.4, 0.5) is 0 Å². The average molecular weight is 289 g/mol. The van der Waals surface area contributed by atoms with Crippen molar-refractivity contribution >= 4 is 5.91 Å². The minimum absolute atomic E-state index is 0.00711. The van der Waals surface area contributed by atoms with E-state index in [0.29, 0.717) is 12.4 Å². The van der Waals surface area contributed by atoms with Gasteiger partial charge < -0.3 is 14.5 Å². The lowest BCUT2D eigenvalue weighted by Crippen LogP contribution is -2.42. The van der Waals surface area contributed by atoms with Crippen LogP contribution in [0.3, 0.4) is 0 Å². The number of carbonyl (C=O) groups excluding carboxylic acids is 1. The zero-order chi connectivity index (χ0) is 15.5. The van der Waals surface area contributed by atoms with Gasteiger partial charge in [-0.1, -0.05) is 35.5 Å². The van der Waals surface area contributed by atoms with Gasteiger partial charge in [-0.25, -0.2) is 0 Å². The SMILES string of the molecule is Cc1nc(C(=O)N(Cc2ccccc2)CC(C)(C)O)no1. The van der Waals surface area contributed by atoms with Crippen LogP contribution in [0.15, 0.2) is 34.9 Å². The van der Waals surface area contributed by atoms with Gasteiger partial charge in [0.2, 0.25) is 5.89 Å². The van der Waals surface area contributed by atoms with Gasteiger partial charge in [-0.3, -0.25) is 4.79 Å². The van der Waals surface area contributed by atoms with Gasteiger partial charge >= 0.3 is 0 Å². The number of aryl methyl sites for hydroxylation is 1. The summed E-state index contributed by atoms with van der Waals surface area (Å²) in [5.41, 5.74) is -0.0428. The number of rotatable bonds is 5. The van der Waals surface area contributed by atoms with E-state index < -0.39 is 5.60 Å². The lowest BCUT2D eigenvalue weighted by Gasteiger charge is -2.28. The topological polar surface area (TPSA) is 79.5 Å². The van der Waals surface area contributed by atoms with Gasteiger partial charge in [0.25, 0.3) is 11.7 Å². The highest BCUT2D eigenvalue weighted by molar-refractivity contribution is 5.90. The van der Waals surface area contributed by atoms with Gasteiger partial charge in [-0.2, -0.15) is 4.98 Å². The molecule has 2 rings (SSSR count). The molecule has 112 valence electrons. The molecule has 0 bridgehead atoms. The minimum Gasteiger partial charge on any atom is -0.389 e. The molecular weight excluding hydrogens is 270 g/mol. The van der Waals surface area contributed by atoms with Crippen LogP contribution in [-0.2, 0) is 6.54 Å². The van der Waals surface area contributed by atoms with Crippen molar-refractivity contribution in [3.05, 3.63) is 47.6 Å². The minimum atomic E-state index is -1.01. The number of hydrogen-bond donors (Lipinski definition) is 1. The molecular formula is C15H19N3O3. The van der Waals surface area contributed by atoms with E-state index in [1.807, 2.05) is 30.3 Å². The number of amides is 1. The molecule has 1 amide bonds. The van der Waals surface area contributed by atoms with E-state index in [2.05, 4.69) is 10.1 Å². The second-order valence-electron chi connectivity index (χ2n) is 5.60. The molecule has 0 aliphatic rings. The first kappa shape index (κ1) is 15.2. The molecule has 0 atom stereocenters. The third kappa shape index (κ3) is 4.39. The Morgan fingerprint density at radius 1 is 1.33 bits per heavy atom. The summed E-state index contributed by atoms with van der Waals surface area (Å²) in [6.07, 6.45) is 0. The number of aliphatic hydroxyl groups is 1. The van der Waals surface area contributed by atoms with Gasteiger partial charge in [0.15, 0.2) is 0 Å². The standard InChI is InChI=1S/C15H19N3O3/c1-11-16-13(17-21-11)14(19)18(10-15(2,3)20)9-12-7-5-4-6-8-12/h4-8,20H,9-10H2,1-3H3. The van der Waals surface area contributed by atoms with Crippen molar-refractivity contribution in [3.63, 3.8) is 0 Å². The molecule has 1 aromatic carbocycles. The van der Waals surface area contributed by atoms with Gasteiger partial charge in [0.05, 0.1) is 5.60 Å². The molecule has 1 N–H and O–H groups in total. The Morgan fingerprint density at radius 2 is 2.00 bits per heavy atom. The fraction of sp³-hybridized carbons (Fsp3) is 0.400. The van der Waals surface area contributed by atoms with Crippen molar-refractivity contribution in [1.82, 2.24) is 15.0 Å². The predicted molar refractivity (Wildman–Crippen MR) is 76.5 cm³/mol. The van der Waals surface area contributed by atoms with Crippen LogP contribution >= 0.6 is 0 Å². The van der Waals surface area contributed by atoms with Crippen LogP contribution in [0.2, 0.25) is 0 Å². The van der Waals surface area contributed by atoms with Crippen molar-refractivity contribution in [2.45, 2.75) is 32.9 Å². The summed E-state index contributed by atoms with van der Waals surface area (Å²) in [7, 11) is 0. The smallest absolute Gasteiger partial charge is 0.295 e. The van der Waals surface area contributed by atoms with Crippen LogP contribution < -0.4 is 0 Å². The number of carbonyl (C=O) groups is 1. The maximum atomic E-state index is 12.5.